The van der Waals surface area contributed by atoms with Crippen molar-refractivity contribution in [1.82, 2.24) is 5.32 Å². The topological polar surface area (TPSA) is 56.8 Å². The van der Waals surface area contributed by atoms with Crippen molar-refractivity contribution in [3.05, 3.63) is 53.6 Å². The summed E-state index contributed by atoms with van der Waals surface area (Å²) in [6.07, 6.45) is 0. The van der Waals surface area contributed by atoms with Crippen molar-refractivity contribution >= 4 is 5.91 Å². The third-order valence-electron chi connectivity index (χ3n) is 3.33. The standard InChI is InChI=1S/C18H21NO4/c1-4-23-15-8-5-13(6-9-15)12-19-18(20)14-7-10-16(21-2)17(11-14)22-3/h5-11H,4,12H2,1-3H3,(H,19,20). The van der Waals surface area contributed by atoms with Gasteiger partial charge in [0.25, 0.3) is 5.91 Å². The van der Waals surface area contributed by atoms with Gasteiger partial charge in [0.1, 0.15) is 5.75 Å². The fourth-order valence-corrected chi connectivity index (χ4v) is 2.13. The minimum atomic E-state index is -0.167. The summed E-state index contributed by atoms with van der Waals surface area (Å²) < 4.78 is 15.8. The number of nitrogens with one attached hydrogen (secondary N) is 1. The van der Waals surface area contributed by atoms with E-state index >= 15 is 0 Å². The highest BCUT2D eigenvalue weighted by atomic mass is 16.5. The molecule has 2 aromatic carbocycles. The van der Waals surface area contributed by atoms with Gasteiger partial charge in [-0.05, 0) is 42.8 Å². The molecule has 5 nitrogen and oxygen atoms in total. The summed E-state index contributed by atoms with van der Waals surface area (Å²) in [5.74, 6) is 1.78. The first-order chi connectivity index (χ1) is 11.2. The molecule has 0 heterocycles. The van der Waals surface area contributed by atoms with Crippen LogP contribution in [0.2, 0.25) is 0 Å². The molecule has 2 rings (SSSR count). The molecule has 0 fully saturated rings. The Balaban J connectivity index is 1.99. The van der Waals surface area contributed by atoms with E-state index in [4.69, 9.17) is 14.2 Å². The van der Waals surface area contributed by atoms with Gasteiger partial charge in [-0.2, -0.15) is 0 Å². The van der Waals surface area contributed by atoms with Crippen LogP contribution >= 0.6 is 0 Å². The fourth-order valence-electron chi connectivity index (χ4n) is 2.13. The molecule has 0 atom stereocenters. The molecular weight excluding hydrogens is 294 g/mol. The van der Waals surface area contributed by atoms with Gasteiger partial charge in [-0.15, -0.1) is 0 Å². The Bertz CT molecular complexity index is 653. The molecule has 0 saturated heterocycles. The van der Waals surface area contributed by atoms with Crippen molar-refractivity contribution < 1.29 is 19.0 Å². The van der Waals surface area contributed by atoms with Gasteiger partial charge >= 0.3 is 0 Å². The van der Waals surface area contributed by atoms with Crippen LogP contribution in [0, 0.1) is 0 Å². The first-order valence-electron chi connectivity index (χ1n) is 7.40. The van der Waals surface area contributed by atoms with E-state index in [1.54, 1.807) is 32.4 Å². The molecule has 0 bridgehead atoms. The van der Waals surface area contributed by atoms with Crippen LogP contribution in [0.4, 0.5) is 0 Å². The Kier molecular flexibility index (Phi) is 5.86. The number of ether oxygens (including phenoxy) is 3. The first kappa shape index (κ1) is 16.7. The predicted octanol–water partition coefficient (Wildman–Crippen LogP) is 3.03. The summed E-state index contributed by atoms with van der Waals surface area (Å²) in [6.45, 7) is 3.02. The summed E-state index contributed by atoms with van der Waals surface area (Å²) >= 11 is 0. The average molecular weight is 315 g/mol. The molecule has 0 aliphatic rings. The Labute approximate surface area is 136 Å². The quantitative estimate of drug-likeness (QED) is 0.853. The Morgan fingerprint density at radius 2 is 1.70 bits per heavy atom. The van der Waals surface area contributed by atoms with Gasteiger partial charge in [0.05, 0.1) is 20.8 Å². The van der Waals surface area contributed by atoms with E-state index in [1.807, 2.05) is 31.2 Å². The van der Waals surface area contributed by atoms with Crippen molar-refractivity contribution in [3.63, 3.8) is 0 Å². The predicted molar refractivity (Wildman–Crippen MR) is 88.3 cm³/mol. The lowest BCUT2D eigenvalue weighted by atomic mass is 10.1. The molecule has 0 saturated carbocycles. The minimum absolute atomic E-state index is 0.167. The van der Waals surface area contributed by atoms with Crippen LogP contribution in [-0.4, -0.2) is 26.7 Å². The van der Waals surface area contributed by atoms with Gasteiger partial charge in [0, 0.05) is 12.1 Å². The maximum atomic E-state index is 12.2. The second-order valence-corrected chi connectivity index (χ2v) is 4.83. The maximum Gasteiger partial charge on any atom is 0.251 e. The van der Waals surface area contributed by atoms with Crippen molar-refractivity contribution in [2.45, 2.75) is 13.5 Å². The molecule has 2 aromatic rings. The van der Waals surface area contributed by atoms with E-state index in [9.17, 15) is 4.79 Å². The Hall–Kier alpha value is -2.69. The minimum Gasteiger partial charge on any atom is -0.494 e. The number of carbonyl (C=O) groups excluding carboxylic acids is 1. The second-order valence-electron chi connectivity index (χ2n) is 4.83. The molecule has 0 aliphatic heterocycles. The maximum absolute atomic E-state index is 12.2. The van der Waals surface area contributed by atoms with Crippen LogP contribution in [0.5, 0.6) is 17.2 Å². The zero-order valence-electron chi connectivity index (χ0n) is 13.6. The van der Waals surface area contributed by atoms with E-state index in [2.05, 4.69) is 5.32 Å². The summed E-state index contributed by atoms with van der Waals surface area (Å²) in [4.78, 5) is 12.2. The van der Waals surface area contributed by atoms with Crippen LogP contribution in [0.15, 0.2) is 42.5 Å². The van der Waals surface area contributed by atoms with Crippen LogP contribution in [-0.2, 0) is 6.54 Å². The number of carbonyl (C=O) groups is 1. The number of hydrogen-bond donors (Lipinski definition) is 1. The number of amides is 1. The average Bonchev–Trinajstić information content (AvgIpc) is 2.60. The normalized spacial score (nSPS) is 10.0. The van der Waals surface area contributed by atoms with E-state index in [0.717, 1.165) is 11.3 Å². The van der Waals surface area contributed by atoms with Gasteiger partial charge in [-0.25, -0.2) is 0 Å². The van der Waals surface area contributed by atoms with E-state index in [0.29, 0.717) is 30.2 Å². The van der Waals surface area contributed by atoms with Gasteiger partial charge in [0.2, 0.25) is 0 Å². The SMILES string of the molecule is CCOc1ccc(CNC(=O)c2ccc(OC)c(OC)c2)cc1. The lowest BCUT2D eigenvalue weighted by molar-refractivity contribution is 0.0950. The zero-order valence-corrected chi connectivity index (χ0v) is 13.6. The lowest BCUT2D eigenvalue weighted by Crippen LogP contribution is -2.22. The highest BCUT2D eigenvalue weighted by molar-refractivity contribution is 5.94. The molecule has 0 spiro atoms. The summed E-state index contributed by atoms with van der Waals surface area (Å²) in [5, 5.41) is 2.88. The van der Waals surface area contributed by atoms with E-state index in [-0.39, 0.29) is 5.91 Å². The smallest absolute Gasteiger partial charge is 0.251 e. The fraction of sp³-hybridized carbons (Fsp3) is 0.278. The molecular formula is C18H21NO4. The van der Waals surface area contributed by atoms with Crippen LogP contribution < -0.4 is 19.5 Å². The molecule has 0 aromatic heterocycles. The highest BCUT2D eigenvalue weighted by Crippen LogP contribution is 2.27. The van der Waals surface area contributed by atoms with Crippen LogP contribution in [0.25, 0.3) is 0 Å². The van der Waals surface area contributed by atoms with Crippen molar-refractivity contribution in [2.24, 2.45) is 0 Å². The third kappa shape index (κ3) is 4.39. The van der Waals surface area contributed by atoms with Crippen molar-refractivity contribution in [1.29, 1.82) is 0 Å². The van der Waals surface area contributed by atoms with Gasteiger partial charge in [0.15, 0.2) is 11.5 Å². The lowest BCUT2D eigenvalue weighted by Gasteiger charge is -2.10. The number of hydrogen-bond acceptors (Lipinski definition) is 4. The summed E-state index contributed by atoms with van der Waals surface area (Å²) in [5.41, 5.74) is 1.52. The zero-order chi connectivity index (χ0) is 16.7. The van der Waals surface area contributed by atoms with E-state index < -0.39 is 0 Å². The number of benzene rings is 2. The van der Waals surface area contributed by atoms with Crippen LogP contribution in [0.1, 0.15) is 22.8 Å². The highest BCUT2D eigenvalue weighted by Gasteiger charge is 2.10. The van der Waals surface area contributed by atoms with Gasteiger partial charge in [-0.1, -0.05) is 12.1 Å². The Morgan fingerprint density at radius 1 is 1.00 bits per heavy atom. The molecule has 0 radical (unpaired) electrons. The van der Waals surface area contributed by atoms with Gasteiger partial charge < -0.3 is 19.5 Å². The molecule has 122 valence electrons. The molecule has 23 heavy (non-hydrogen) atoms. The summed E-state index contributed by atoms with van der Waals surface area (Å²) in [6, 6.07) is 12.7. The van der Waals surface area contributed by atoms with E-state index in [1.165, 1.54) is 0 Å². The molecule has 0 unspecified atom stereocenters. The van der Waals surface area contributed by atoms with Crippen molar-refractivity contribution in [2.75, 3.05) is 20.8 Å². The number of methoxy groups -OCH3 is 2. The number of rotatable bonds is 7. The molecule has 1 amide bonds. The van der Waals surface area contributed by atoms with Crippen molar-refractivity contribution in [3.8, 4) is 17.2 Å². The van der Waals surface area contributed by atoms with Crippen LogP contribution in [0.3, 0.4) is 0 Å². The Morgan fingerprint density at radius 3 is 2.30 bits per heavy atom. The second kappa shape index (κ2) is 8.08. The first-order valence-corrected chi connectivity index (χ1v) is 7.40. The molecule has 5 heteroatoms. The molecule has 1 N–H and O–H groups in total. The summed E-state index contributed by atoms with van der Waals surface area (Å²) in [7, 11) is 3.10. The molecule has 0 aliphatic carbocycles. The monoisotopic (exact) mass is 315 g/mol. The van der Waals surface area contributed by atoms with Gasteiger partial charge in [-0.3, -0.25) is 4.79 Å². The largest absolute Gasteiger partial charge is 0.494 e. The third-order valence-corrected chi connectivity index (χ3v) is 3.33.